The maximum atomic E-state index is 8.31. The van der Waals surface area contributed by atoms with Crippen molar-refractivity contribution in [2.24, 2.45) is 0 Å². The van der Waals surface area contributed by atoms with E-state index in [9.17, 15) is 0 Å². The topological polar surface area (TPSA) is 35.0 Å². The summed E-state index contributed by atoms with van der Waals surface area (Å²) in [5.41, 5.74) is 6.70. The average Bonchev–Trinajstić information content (AvgIpc) is 2.94. The molecule has 0 saturated heterocycles. The molecule has 3 nitrogen and oxygen atoms in total. The van der Waals surface area contributed by atoms with Crippen LogP contribution in [0.5, 0.6) is 11.5 Å². The van der Waals surface area contributed by atoms with Crippen LogP contribution in [-0.2, 0) is 25.5 Å². The van der Waals surface area contributed by atoms with Gasteiger partial charge in [-0.1, -0.05) is 80.8 Å². The van der Waals surface area contributed by atoms with Gasteiger partial charge in [0.1, 0.15) is 5.75 Å². The van der Waals surface area contributed by atoms with E-state index >= 15 is 0 Å². The van der Waals surface area contributed by atoms with Crippen LogP contribution in [0.15, 0.2) is 103 Å². The molecule has 3 aromatic carbocycles. The van der Waals surface area contributed by atoms with E-state index in [0.717, 1.165) is 45.1 Å². The van der Waals surface area contributed by atoms with Crippen LogP contribution in [0.2, 0.25) is 0 Å². The molecule has 0 N–H and O–H groups in total. The van der Waals surface area contributed by atoms with Crippen LogP contribution in [-0.4, -0.2) is 9.97 Å². The van der Waals surface area contributed by atoms with Gasteiger partial charge in [-0.05, 0) is 35.5 Å². The van der Waals surface area contributed by atoms with Gasteiger partial charge in [0.25, 0.3) is 0 Å². The van der Waals surface area contributed by atoms with Gasteiger partial charge < -0.3 is 14.7 Å². The first kappa shape index (κ1) is 26.0. The summed E-state index contributed by atoms with van der Waals surface area (Å²) in [6.07, 6.45) is 3.55. The number of fused-ring (bicyclic) bond motifs is 2. The Kier molecular flexibility index (Phi) is 8.12. The Morgan fingerprint density at radius 1 is 0.789 bits per heavy atom. The summed E-state index contributed by atoms with van der Waals surface area (Å²) >= 11 is 0. The van der Waals surface area contributed by atoms with Crippen molar-refractivity contribution in [3.63, 3.8) is 0 Å². The fourth-order valence-corrected chi connectivity index (χ4v) is 4.55. The molecule has 0 amide bonds. The molecule has 38 heavy (non-hydrogen) atoms. The molecule has 193 valence electrons. The van der Waals surface area contributed by atoms with E-state index in [1.54, 1.807) is 12.4 Å². The average molecular weight is 676 g/mol. The van der Waals surface area contributed by atoms with Gasteiger partial charge in [0.15, 0.2) is 0 Å². The third-order valence-electron chi connectivity index (χ3n) is 6.64. The Hall–Kier alpha value is -3.59. The number of pyridine rings is 2. The molecule has 4 heteroatoms. The van der Waals surface area contributed by atoms with Crippen LogP contribution in [0.25, 0.3) is 22.5 Å². The van der Waals surface area contributed by atoms with Crippen LogP contribution in [0, 0.1) is 12.1 Å². The Labute approximate surface area is 240 Å². The predicted octanol–water partition coefficient (Wildman–Crippen LogP) is 8.65. The molecule has 1 aliphatic heterocycles. The van der Waals surface area contributed by atoms with Gasteiger partial charge in [0.2, 0.25) is 0 Å². The van der Waals surface area contributed by atoms with Crippen molar-refractivity contribution in [2.45, 2.75) is 39.0 Å². The molecule has 1 aliphatic rings. The summed E-state index contributed by atoms with van der Waals surface area (Å²) in [6, 6.07) is 36.2. The molecule has 0 unspecified atom stereocenters. The SMILES string of the molecule is [2H]C(C)(C)c1ccnc(-c2[c-]ccc3c2Oc2ccccc2C3(C)C)c1.[Ir].[c-]1ccccc1-c1ccccn1. The van der Waals surface area contributed by atoms with Crippen molar-refractivity contribution in [3.8, 4) is 34.0 Å². The minimum atomic E-state index is -0.681. The van der Waals surface area contributed by atoms with Gasteiger partial charge in [-0.25, -0.2) is 0 Å². The zero-order chi connectivity index (χ0) is 26.8. The number of para-hydroxylation sites is 1. The molecule has 0 saturated carbocycles. The maximum Gasteiger partial charge on any atom is 0.118 e. The van der Waals surface area contributed by atoms with Crippen LogP contribution < -0.4 is 4.74 Å². The number of hydrogen-bond acceptors (Lipinski definition) is 3. The third-order valence-corrected chi connectivity index (χ3v) is 6.64. The number of rotatable bonds is 3. The second kappa shape index (κ2) is 11.9. The van der Waals surface area contributed by atoms with E-state index in [0.29, 0.717) is 0 Å². The largest absolute Gasteiger partial charge is 0.501 e. The summed E-state index contributed by atoms with van der Waals surface area (Å²) in [6.45, 7) is 8.19. The van der Waals surface area contributed by atoms with Gasteiger partial charge in [-0.2, -0.15) is 0 Å². The first-order chi connectivity index (χ1) is 18.2. The van der Waals surface area contributed by atoms with Crippen molar-refractivity contribution in [2.75, 3.05) is 0 Å². The van der Waals surface area contributed by atoms with Crippen LogP contribution in [0.1, 0.15) is 51.7 Å². The number of aromatic nitrogens is 2. The molecular formula is C34H30IrN2O-2. The fourth-order valence-electron chi connectivity index (χ4n) is 4.55. The minimum Gasteiger partial charge on any atom is -0.501 e. The molecule has 6 rings (SSSR count). The molecule has 3 heterocycles. The van der Waals surface area contributed by atoms with Crippen LogP contribution in [0.4, 0.5) is 0 Å². The molecule has 0 fully saturated rings. The van der Waals surface area contributed by atoms with Crippen molar-refractivity contribution in [1.29, 1.82) is 0 Å². The summed E-state index contributed by atoms with van der Waals surface area (Å²) in [4.78, 5) is 8.76. The summed E-state index contributed by atoms with van der Waals surface area (Å²) in [5, 5.41) is 0. The van der Waals surface area contributed by atoms with Gasteiger partial charge in [0, 0.05) is 50.6 Å². The van der Waals surface area contributed by atoms with Crippen molar-refractivity contribution >= 4 is 0 Å². The molecule has 0 aliphatic carbocycles. The van der Waals surface area contributed by atoms with Gasteiger partial charge in [-0.15, -0.1) is 54.1 Å². The monoisotopic (exact) mass is 676 g/mol. The predicted molar refractivity (Wildman–Crippen MR) is 150 cm³/mol. The van der Waals surface area contributed by atoms with E-state index in [1.807, 2.05) is 92.7 Å². The zero-order valence-electron chi connectivity index (χ0n) is 23.0. The molecule has 0 bridgehead atoms. The van der Waals surface area contributed by atoms with Gasteiger partial charge in [0.05, 0.1) is 0 Å². The molecule has 2 aromatic heterocycles. The quantitative estimate of drug-likeness (QED) is 0.180. The van der Waals surface area contributed by atoms with Crippen LogP contribution in [0.3, 0.4) is 0 Å². The Morgan fingerprint density at radius 3 is 2.29 bits per heavy atom. The molecule has 0 spiro atoms. The third kappa shape index (κ3) is 5.62. The Balaban J connectivity index is 0.000000228. The summed E-state index contributed by atoms with van der Waals surface area (Å²) < 4.78 is 14.6. The molecule has 0 atom stereocenters. The second-order valence-corrected chi connectivity index (χ2v) is 9.74. The van der Waals surface area contributed by atoms with Crippen molar-refractivity contribution in [1.82, 2.24) is 9.97 Å². The smallest absolute Gasteiger partial charge is 0.118 e. The molecule has 5 aromatic rings. The maximum absolute atomic E-state index is 8.31. The van der Waals surface area contributed by atoms with E-state index in [2.05, 4.69) is 48.1 Å². The minimum absolute atomic E-state index is 0. The van der Waals surface area contributed by atoms with E-state index in [-0.39, 0.29) is 25.5 Å². The van der Waals surface area contributed by atoms with E-state index < -0.39 is 5.89 Å². The number of hydrogen-bond donors (Lipinski definition) is 0. The van der Waals surface area contributed by atoms with Gasteiger partial charge >= 0.3 is 0 Å². The second-order valence-electron chi connectivity index (χ2n) is 9.74. The number of nitrogens with zero attached hydrogens (tertiary/aromatic N) is 2. The summed E-state index contributed by atoms with van der Waals surface area (Å²) in [5.74, 6) is 1.01. The first-order valence-corrected chi connectivity index (χ1v) is 12.4. The van der Waals surface area contributed by atoms with Crippen LogP contribution >= 0.6 is 0 Å². The number of ether oxygens (including phenoxy) is 1. The molecule has 1 radical (unpaired) electrons. The van der Waals surface area contributed by atoms with Gasteiger partial charge in [-0.3, -0.25) is 0 Å². The first-order valence-electron chi connectivity index (χ1n) is 12.9. The van der Waals surface area contributed by atoms with Crippen molar-refractivity contribution in [3.05, 3.63) is 132 Å². The van der Waals surface area contributed by atoms with Crippen molar-refractivity contribution < 1.29 is 26.2 Å². The normalized spacial score (nSPS) is 13.3. The number of benzene rings is 3. The fraction of sp³-hybridized carbons (Fsp3) is 0.176. The molecular weight excluding hydrogens is 645 g/mol. The summed E-state index contributed by atoms with van der Waals surface area (Å²) in [7, 11) is 0. The zero-order valence-corrected chi connectivity index (χ0v) is 24.3. The van der Waals surface area contributed by atoms with E-state index in [4.69, 9.17) is 6.11 Å². The van der Waals surface area contributed by atoms with E-state index in [1.165, 1.54) is 5.56 Å². The Morgan fingerprint density at radius 2 is 1.55 bits per heavy atom. The Bertz CT molecular complexity index is 1510. The standard InChI is InChI=1S/C23H22NO.C11H8N.Ir/c1-15(2)16-12-13-24-20(14-16)17-8-7-10-19-22(17)25-21-11-6-5-9-18(21)23(19,3)4;1-2-6-10(7-3-1)11-8-4-5-9-12-11;/h5-7,9-15H,1-4H3;1-6,8-9H;/q2*-1;/i15D;;.